The second kappa shape index (κ2) is 3.02. The molecule has 1 aromatic heterocycles. The summed E-state index contributed by atoms with van der Waals surface area (Å²) < 4.78 is 1.58. The third kappa shape index (κ3) is 1.26. The average molecular weight is 205 g/mol. The van der Waals surface area contributed by atoms with Gasteiger partial charge in [-0.05, 0) is 24.6 Å². The molecular formula is C11H11NO3. The molecule has 0 atom stereocenters. The number of aryl methyl sites for hydroxylation is 2. The molecule has 0 aliphatic rings. The zero-order valence-corrected chi connectivity index (χ0v) is 8.48. The smallest absolute Gasteiger partial charge is 0.352 e. The number of benzene rings is 1. The number of hydrogen-bond donors (Lipinski definition) is 2. The number of carboxylic acids is 1. The van der Waals surface area contributed by atoms with Crippen molar-refractivity contribution in [1.29, 1.82) is 0 Å². The van der Waals surface area contributed by atoms with Crippen LogP contribution in [0.3, 0.4) is 0 Å². The van der Waals surface area contributed by atoms with E-state index in [-0.39, 0.29) is 11.4 Å². The lowest BCUT2D eigenvalue weighted by molar-refractivity contribution is 0.0687. The summed E-state index contributed by atoms with van der Waals surface area (Å²) >= 11 is 0. The molecule has 0 fully saturated rings. The molecule has 0 aliphatic carbocycles. The molecule has 1 heterocycles. The zero-order chi connectivity index (χ0) is 11.2. The Balaban J connectivity index is 2.93. The minimum Gasteiger partial charge on any atom is -0.507 e. The Kier molecular flexibility index (Phi) is 1.93. The Hall–Kier alpha value is -1.97. The first-order chi connectivity index (χ1) is 7.02. The molecule has 0 radical (unpaired) electrons. The highest BCUT2D eigenvalue weighted by atomic mass is 16.4. The summed E-state index contributed by atoms with van der Waals surface area (Å²) in [6.45, 7) is 1.88. The molecule has 78 valence electrons. The quantitative estimate of drug-likeness (QED) is 0.747. The van der Waals surface area contributed by atoms with Crippen LogP contribution in [-0.4, -0.2) is 20.7 Å². The number of carboxylic acid groups (broad SMARTS) is 1. The third-order valence-electron chi connectivity index (χ3n) is 2.59. The predicted molar refractivity (Wildman–Crippen MR) is 56.3 cm³/mol. The SMILES string of the molecule is Cc1ccc(O)c2cc(C(=O)O)n(C)c12. The zero-order valence-electron chi connectivity index (χ0n) is 8.48. The number of aromatic hydroxyl groups is 1. The minimum absolute atomic E-state index is 0.110. The fourth-order valence-electron chi connectivity index (χ4n) is 1.85. The molecule has 0 saturated carbocycles. The van der Waals surface area contributed by atoms with Crippen molar-refractivity contribution < 1.29 is 15.0 Å². The van der Waals surface area contributed by atoms with Crippen molar-refractivity contribution in [3.05, 3.63) is 29.5 Å². The van der Waals surface area contributed by atoms with E-state index in [0.29, 0.717) is 5.39 Å². The molecule has 2 rings (SSSR count). The lowest BCUT2D eigenvalue weighted by atomic mass is 10.1. The fraction of sp³-hybridized carbons (Fsp3) is 0.182. The maximum absolute atomic E-state index is 10.9. The molecule has 0 saturated heterocycles. The Morgan fingerprint density at radius 2 is 2.07 bits per heavy atom. The Morgan fingerprint density at radius 1 is 1.40 bits per heavy atom. The number of rotatable bonds is 1. The molecule has 0 bridgehead atoms. The van der Waals surface area contributed by atoms with Gasteiger partial charge in [-0.1, -0.05) is 6.07 Å². The van der Waals surface area contributed by atoms with Gasteiger partial charge in [-0.25, -0.2) is 4.79 Å². The number of phenols is 1. The van der Waals surface area contributed by atoms with Gasteiger partial charge in [-0.15, -0.1) is 0 Å². The third-order valence-corrected chi connectivity index (χ3v) is 2.59. The molecule has 4 heteroatoms. The van der Waals surface area contributed by atoms with Gasteiger partial charge in [-0.2, -0.15) is 0 Å². The summed E-state index contributed by atoms with van der Waals surface area (Å²) in [7, 11) is 1.68. The van der Waals surface area contributed by atoms with E-state index in [9.17, 15) is 9.90 Å². The largest absolute Gasteiger partial charge is 0.507 e. The predicted octanol–water partition coefficient (Wildman–Crippen LogP) is 1.89. The monoisotopic (exact) mass is 205 g/mol. The fourth-order valence-corrected chi connectivity index (χ4v) is 1.85. The Morgan fingerprint density at radius 3 is 2.60 bits per heavy atom. The van der Waals surface area contributed by atoms with Crippen molar-refractivity contribution in [3.63, 3.8) is 0 Å². The van der Waals surface area contributed by atoms with Gasteiger partial charge >= 0.3 is 5.97 Å². The molecule has 4 nitrogen and oxygen atoms in total. The van der Waals surface area contributed by atoms with E-state index in [2.05, 4.69) is 0 Å². The van der Waals surface area contributed by atoms with E-state index >= 15 is 0 Å². The second-order valence-electron chi connectivity index (χ2n) is 3.56. The van der Waals surface area contributed by atoms with E-state index in [0.717, 1.165) is 11.1 Å². The van der Waals surface area contributed by atoms with Crippen molar-refractivity contribution >= 4 is 16.9 Å². The standard InChI is InChI=1S/C11H11NO3/c1-6-3-4-9(13)7-5-8(11(14)15)12(2)10(6)7/h3-5,13H,1-2H3,(H,14,15). The van der Waals surface area contributed by atoms with Gasteiger partial charge in [0.15, 0.2) is 0 Å². The van der Waals surface area contributed by atoms with Gasteiger partial charge in [0.05, 0.1) is 5.52 Å². The highest BCUT2D eigenvalue weighted by molar-refractivity contribution is 5.98. The molecule has 15 heavy (non-hydrogen) atoms. The van der Waals surface area contributed by atoms with Gasteiger partial charge in [0.2, 0.25) is 0 Å². The second-order valence-corrected chi connectivity index (χ2v) is 3.56. The van der Waals surface area contributed by atoms with Crippen molar-refractivity contribution in [2.45, 2.75) is 6.92 Å². The topological polar surface area (TPSA) is 62.5 Å². The van der Waals surface area contributed by atoms with E-state index in [1.54, 1.807) is 23.7 Å². The molecular weight excluding hydrogens is 194 g/mol. The summed E-state index contributed by atoms with van der Waals surface area (Å²) in [4.78, 5) is 10.9. The first kappa shape index (κ1) is 9.58. The van der Waals surface area contributed by atoms with Crippen LogP contribution >= 0.6 is 0 Å². The molecule has 0 spiro atoms. The molecule has 0 unspecified atom stereocenters. The van der Waals surface area contributed by atoms with Crippen LogP contribution in [0.15, 0.2) is 18.2 Å². The van der Waals surface area contributed by atoms with Crippen molar-refractivity contribution in [2.75, 3.05) is 0 Å². The normalized spacial score (nSPS) is 10.8. The van der Waals surface area contributed by atoms with Crippen LogP contribution in [0.2, 0.25) is 0 Å². The maximum Gasteiger partial charge on any atom is 0.352 e. The Labute approximate surface area is 86.4 Å². The first-order valence-corrected chi connectivity index (χ1v) is 4.53. The van der Waals surface area contributed by atoms with Gasteiger partial charge in [0.1, 0.15) is 11.4 Å². The van der Waals surface area contributed by atoms with Gasteiger partial charge in [0.25, 0.3) is 0 Å². The number of nitrogens with zero attached hydrogens (tertiary/aromatic N) is 1. The maximum atomic E-state index is 10.9. The first-order valence-electron chi connectivity index (χ1n) is 4.53. The van der Waals surface area contributed by atoms with Gasteiger partial charge in [0, 0.05) is 12.4 Å². The lowest BCUT2D eigenvalue weighted by Crippen LogP contribution is -2.03. The summed E-state index contributed by atoms with van der Waals surface area (Å²) in [6.07, 6.45) is 0. The number of carbonyl (C=O) groups is 1. The van der Waals surface area contributed by atoms with Crippen molar-refractivity contribution in [3.8, 4) is 5.75 Å². The summed E-state index contributed by atoms with van der Waals surface area (Å²) in [5.74, 6) is -0.883. The van der Waals surface area contributed by atoms with Gasteiger partial charge in [-0.3, -0.25) is 0 Å². The van der Waals surface area contributed by atoms with Crippen molar-refractivity contribution in [1.82, 2.24) is 4.57 Å². The lowest BCUT2D eigenvalue weighted by Gasteiger charge is -2.03. The summed E-state index contributed by atoms with van der Waals surface area (Å²) in [6, 6.07) is 4.83. The van der Waals surface area contributed by atoms with Crippen molar-refractivity contribution in [2.24, 2.45) is 7.05 Å². The molecule has 0 aliphatic heterocycles. The van der Waals surface area contributed by atoms with Crippen LogP contribution in [0.1, 0.15) is 16.1 Å². The number of fused-ring (bicyclic) bond motifs is 1. The van der Waals surface area contributed by atoms with E-state index in [1.807, 2.05) is 6.92 Å². The highest BCUT2D eigenvalue weighted by Crippen LogP contribution is 2.29. The average Bonchev–Trinajstić information content (AvgIpc) is 2.51. The molecule has 1 aromatic carbocycles. The van der Waals surface area contributed by atoms with Crippen LogP contribution in [0.5, 0.6) is 5.75 Å². The van der Waals surface area contributed by atoms with Crippen LogP contribution in [0, 0.1) is 6.92 Å². The van der Waals surface area contributed by atoms with Crippen LogP contribution in [0.4, 0.5) is 0 Å². The highest BCUT2D eigenvalue weighted by Gasteiger charge is 2.15. The number of aromatic nitrogens is 1. The van der Waals surface area contributed by atoms with E-state index in [4.69, 9.17) is 5.11 Å². The molecule has 0 amide bonds. The Bertz CT molecular complexity index is 554. The van der Waals surface area contributed by atoms with E-state index in [1.165, 1.54) is 6.07 Å². The number of phenolic OH excluding ortho intramolecular Hbond substituents is 1. The van der Waals surface area contributed by atoms with Gasteiger partial charge < -0.3 is 14.8 Å². The van der Waals surface area contributed by atoms with Crippen LogP contribution in [-0.2, 0) is 7.05 Å². The summed E-state index contributed by atoms with van der Waals surface area (Å²) in [5, 5.41) is 19.1. The number of aromatic carboxylic acids is 1. The molecule has 2 aromatic rings. The summed E-state index contributed by atoms with van der Waals surface area (Å²) in [5.41, 5.74) is 1.87. The number of hydrogen-bond acceptors (Lipinski definition) is 2. The minimum atomic E-state index is -0.993. The van der Waals surface area contributed by atoms with Crippen LogP contribution in [0.25, 0.3) is 10.9 Å². The molecule has 2 N–H and O–H groups in total. The van der Waals surface area contributed by atoms with Crippen LogP contribution < -0.4 is 0 Å². The van der Waals surface area contributed by atoms with E-state index < -0.39 is 5.97 Å².